The van der Waals surface area contributed by atoms with Gasteiger partial charge in [-0.3, -0.25) is 9.88 Å². The molecule has 0 aliphatic carbocycles. The van der Waals surface area contributed by atoms with Crippen LogP contribution in [0.1, 0.15) is 31.1 Å². The monoisotopic (exact) mass is 411 g/mol. The fourth-order valence-corrected chi connectivity index (χ4v) is 3.43. The number of nitrogens with one attached hydrogen (secondary N) is 2. The summed E-state index contributed by atoms with van der Waals surface area (Å²) >= 11 is 0. The molecule has 1 aromatic heterocycles. The number of urea groups is 1. The van der Waals surface area contributed by atoms with E-state index in [1.165, 1.54) is 0 Å². The van der Waals surface area contributed by atoms with Gasteiger partial charge in [-0.25, -0.2) is 9.59 Å². The Bertz CT molecular complexity index is 863. The number of hydrogen-bond acceptors (Lipinski definition) is 5. The Kier molecular flexibility index (Phi) is 7.24. The van der Waals surface area contributed by atoms with Gasteiger partial charge in [0.1, 0.15) is 0 Å². The maximum atomic E-state index is 12.3. The third-order valence-corrected chi connectivity index (χ3v) is 5.18. The number of carbonyl (C=O) groups is 2. The van der Waals surface area contributed by atoms with Crippen LogP contribution < -0.4 is 10.6 Å². The molecule has 0 radical (unpaired) electrons. The lowest BCUT2D eigenvalue weighted by Crippen LogP contribution is -2.49. The van der Waals surface area contributed by atoms with Gasteiger partial charge in [0.25, 0.3) is 0 Å². The predicted octanol–water partition coefficient (Wildman–Crippen LogP) is 3.87. The first-order valence-corrected chi connectivity index (χ1v) is 10.2. The maximum Gasteiger partial charge on any atom is 0.409 e. The molecule has 1 aromatic carbocycles. The minimum absolute atomic E-state index is 0.167. The topological polar surface area (TPSA) is 86.8 Å². The van der Waals surface area contributed by atoms with Crippen LogP contribution in [0.15, 0.2) is 42.6 Å². The van der Waals surface area contributed by atoms with E-state index in [1.807, 2.05) is 44.2 Å². The average Bonchev–Trinajstić information content (AvgIpc) is 2.75. The summed E-state index contributed by atoms with van der Waals surface area (Å²) in [5.74, 6) is 0. The van der Waals surface area contributed by atoms with Crippen molar-refractivity contribution in [3.8, 4) is 0 Å². The zero-order valence-electron chi connectivity index (χ0n) is 17.7. The third kappa shape index (κ3) is 5.70. The van der Waals surface area contributed by atoms with E-state index >= 15 is 0 Å². The number of aromatic nitrogens is 1. The maximum absolute atomic E-state index is 12.3. The second kappa shape index (κ2) is 10.1. The van der Waals surface area contributed by atoms with Gasteiger partial charge in [-0.2, -0.15) is 0 Å². The molecule has 8 heteroatoms. The van der Waals surface area contributed by atoms with Gasteiger partial charge in [0.2, 0.25) is 0 Å². The number of nitrogens with zero attached hydrogens (tertiary/aromatic N) is 3. The van der Waals surface area contributed by atoms with E-state index in [0.29, 0.717) is 25.4 Å². The highest BCUT2D eigenvalue weighted by Crippen LogP contribution is 2.24. The molecule has 3 rings (SSSR count). The normalized spacial score (nSPS) is 15.4. The van der Waals surface area contributed by atoms with E-state index in [0.717, 1.165) is 30.0 Å². The van der Waals surface area contributed by atoms with E-state index in [2.05, 4.69) is 33.5 Å². The number of carbonyl (C=O) groups excluding carboxylic acids is 2. The van der Waals surface area contributed by atoms with E-state index in [-0.39, 0.29) is 18.2 Å². The summed E-state index contributed by atoms with van der Waals surface area (Å²) in [6.07, 6.45) is 1.38. The molecule has 0 bridgehead atoms. The number of benzene rings is 1. The Labute approximate surface area is 177 Å². The molecule has 0 saturated carbocycles. The van der Waals surface area contributed by atoms with Gasteiger partial charge in [-0.1, -0.05) is 12.1 Å². The largest absolute Gasteiger partial charge is 0.450 e. The Morgan fingerprint density at radius 3 is 2.50 bits per heavy atom. The molecule has 8 nitrogen and oxygen atoms in total. The Morgan fingerprint density at radius 2 is 1.83 bits per heavy atom. The quantitative estimate of drug-likeness (QED) is 0.780. The van der Waals surface area contributed by atoms with Gasteiger partial charge < -0.3 is 20.3 Å². The zero-order valence-corrected chi connectivity index (χ0v) is 17.7. The first-order chi connectivity index (χ1) is 14.5. The van der Waals surface area contributed by atoms with E-state index in [1.54, 1.807) is 11.1 Å². The van der Waals surface area contributed by atoms with Gasteiger partial charge in [-0.05, 0) is 50.6 Å². The number of amides is 3. The number of aryl methyl sites for hydroxylation is 1. The van der Waals surface area contributed by atoms with Crippen molar-refractivity contribution in [1.82, 2.24) is 14.8 Å². The third-order valence-electron chi connectivity index (χ3n) is 5.18. The molecule has 30 heavy (non-hydrogen) atoms. The van der Waals surface area contributed by atoms with Crippen molar-refractivity contribution in [1.29, 1.82) is 0 Å². The Hall–Kier alpha value is -3.13. The van der Waals surface area contributed by atoms with Crippen molar-refractivity contribution >= 4 is 23.5 Å². The molecule has 2 N–H and O–H groups in total. The van der Waals surface area contributed by atoms with Crippen molar-refractivity contribution < 1.29 is 14.3 Å². The molecular weight excluding hydrogens is 382 g/mol. The van der Waals surface area contributed by atoms with Crippen LogP contribution in [-0.4, -0.2) is 59.7 Å². The lowest BCUT2D eigenvalue weighted by molar-refractivity contribution is 0.0686. The van der Waals surface area contributed by atoms with Crippen molar-refractivity contribution in [3.63, 3.8) is 0 Å². The molecule has 1 saturated heterocycles. The fraction of sp³-hybridized carbons (Fsp3) is 0.409. The standard InChI is InChI=1S/C22H29N5O3/c1-4-30-22(29)27-12-10-26(11-13-27)17(3)18-6-5-7-19(14-18)24-21(28)25-20-9-8-16(2)23-15-20/h5-9,14-15,17H,4,10-13H2,1-3H3,(H2,24,25,28)/t17-/m1/s1. The lowest BCUT2D eigenvalue weighted by Gasteiger charge is -2.37. The summed E-state index contributed by atoms with van der Waals surface area (Å²) in [6.45, 7) is 9.09. The van der Waals surface area contributed by atoms with Crippen molar-refractivity contribution in [2.75, 3.05) is 43.4 Å². The van der Waals surface area contributed by atoms with E-state index < -0.39 is 0 Å². The highest BCUT2D eigenvalue weighted by atomic mass is 16.6. The summed E-state index contributed by atoms with van der Waals surface area (Å²) in [6, 6.07) is 11.3. The molecule has 1 aliphatic heterocycles. The first kappa shape index (κ1) is 21.6. The van der Waals surface area contributed by atoms with E-state index in [9.17, 15) is 9.59 Å². The van der Waals surface area contributed by atoms with Crippen LogP contribution in [0.5, 0.6) is 0 Å². The highest BCUT2D eigenvalue weighted by molar-refractivity contribution is 5.99. The number of piperazine rings is 1. The summed E-state index contributed by atoms with van der Waals surface area (Å²) in [7, 11) is 0. The highest BCUT2D eigenvalue weighted by Gasteiger charge is 2.25. The minimum atomic E-state index is -0.312. The second-order valence-corrected chi connectivity index (χ2v) is 7.29. The summed E-state index contributed by atoms with van der Waals surface area (Å²) in [5, 5.41) is 5.66. The van der Waals surface area contributed by atoms with Crippen molar-refractivity contribution in [3.05, 3.63) is 53.9 Å². The first-order valence-electron chi connectivity index (χ1n) is 10.2. The van der Waals surface area contributed by atoms with Crippen LogP contribution in [0, 0.1) is 6.92 Å². The lowest BCUT2D eigenvalue weighted by atomic mass is 10.1. The summed E-state index contributed by atoms with van der Waals surface area (Å²) < 4.78 is 5.08. The zero-order chi connectivity index (χ0) is 21.5. The minimum Gasteiger partial charge on any atom is -0.450 e. The smallest absolute Gasteiger partial charge is 0.409 e. The fourth-order valence-electron chi connectivity index (χ4n) is 3.43. The van der Waals surface area contributed by atoms with Crippen LogP contribution >= 0.6 is 0 Å². The predicted molar refractivity (Wildman–Crippen MR) is 117 cm³/mol. The molecule has 0 unspecified atom stereocenters. The molecule has 2 aromatic rings. The number of ether oxygens (including phenoxy) is 1. The van der Waals surface area contributed by atoms with Gasteiger partial charge in [-0.15, -0.1) is 0 Å². The van der Waals surface area contributed by atoms with Crippen LogP contribution in [-0.2, 0) is 4.74 Å². The van der Waals surface area contributed by atoms with Gasteiger partial charge in [0, 0.05) is 43.6 Å². The number of rotatable bonds is 5. The number of pyridine rings is 1. The molecule has 160 valence electrons. The van der Waals surface area contributed by atoms with Gasteiger partial charge >= 0.3 is 12.1 Å². The Balaban J connectivity index is 1.56. The molecule has 2 heterocycles. The average molecular weight is 412 g/mol. The van der Waals surface area contributed by atoms with Crippen LogP contribution in [0.2, 0.25) is 0 Å². The SMILES string of the molecule is CCOC(=O)N1CCN([C@H](C)c2cccc(NC(=O)Nc3ccc(C)nc3)c2)CC1. The van der Waals surface area contributed by atoms with Gasteiger partial charge in [0.05, 0.1) is 18.5 Å². The van der Waals surface area contributed by atoms with Crippen molar-refractivity contribution in [2.45, 2.75) is 26.8 Å². The second-order valence-electron chi connectivity index (χ2n) is 7.29. The van der Waals surface area contributed by atoms with Crippen LogP contribution in [0.3, 0.4) is 0 Å². The molecule has 1 aliphatic rings. The summed E-state index contributed by atoms with van der Waals surface area (Å²) in [5.41, 5.74) is 3.37. The Morgan fingerprint density at radius 1 is 1.10 bits per heavy atom. The molecular formula is C22H29N5O3. The van der Waals surface area contributed by atoms with Crippen LogP contribution in [0.4, 0.5) is 21.0 Å². The van der Waals surface area contributed by atoms with Gasteiger partial charge in [0.15, 0.2) is 0 Å². The molecule has 3 amide bonds. The summed E-state index contributed by atoms with van der Waals surface area (Å²) in [4.78, 5) is 32.4. The van der Waals surface area contributed by atoms with Crippen LogP contribution in [0.25, 0.3) is 0 Å². The molecule has 0 spiro atoms. The van der Waals surface area contributed by atoms with Crippen molar-refractivity contribution in [2.24, 2.45) is 0 Å². The molecule has 1 atom stereocenters. The number of anilines is 2. The number of hydrogen-bond donors (Lipinski definition) is 2. The van der Waals surface area contributed by atoms with E-state index in [4.69, 9.17) is 4.74 Å². The molecule has 1 fully saturated rings.